The third kappa shape index (κ3) is 3.53. The van der Waals surface area contributed by atoms with Crippen molar-refractivity contribution in [1.29, 1.82) is 0 Å². The first kappa shape index (κ1) is 17.5. The van der Waals surface area contributed by atoms with Gasteiger partial charge in [-0.2, -0.15) is 0 Å². The van der Waals surface area contributed by atoms with Gasteiger partial charge in [-0.1, -0.05) is 35.4 Å². The van der Waals surface area contributed by atoms with Gasteiger partial charge in [-0.25, -0.2) is 0 Å². The fraction of sp³-hybridized carbons (Fsp3) is 0.421. The van der Waals surface area contributed by atoms with Gasteiger partial charge in [0.15, 0.2) is 0 Å². The van der Waals surface area contributed by atoms with Gasteiger partial charge in [-0.3, -0.25) is 9.69 Å². The normalized spacial score (nSPS) is 20.5. The number of amides is 1. The third-order valence-electron chi connectivity index (χ3n) is 4.64. The number of benzene rings is 1. The highest BCUT2D eigenvalue weighted by molar-refractivity contribution is 6.42. The van der Waals surface area contributed by atoms with Crippen LogP contribution in [0.3, 0.4) is 0 Å². The molecule has 0 bridgehead atoms. The van der Waals surface area contributed by atoms with Crippen molar-refractivity contribution in [3.63, 3.8) is 0 Å². The van der Waals surface area contributed by atoms with Crippen LogP contribution in [0, 0.1) is 5.92 Å². The molecule has 1 fully saturated rings. The number of anilines is 1. The van der Waals surface area contributed by atoms with Gasteiger partial charge in [-0.15, -0.1) is 0 Å². The molecule has 0 saturated carbocycles. The molecule has 1 unspecified atom stereocenters. The SMILES string of the molecule is CNCCCC1CC2=CCCC=C2N(c2ccc(Cl)c(Cl)c2)C1=O. The molecular weight excluding hydrogens is 343 g/mol. The number of carbonyl (C=O) groups excluding carboxylic acids is 1. The summed E-state index contributed by atoms with van der Waals surface area (Å²) in [4.78, 5) is 15.0. The number of rotatable bonds is 5. The Morgan fingerprint density at radius 2 is 2.00 bits per heavy atom. The number of fused-ring (bicyclic) bond motifs is 1. The second-order valence-electron chi connectivity index (χ2n) is 6.31. The molecule has 1 aliphatic carbocycles. The number of halogens is 2. The summed E-state index contributed by atoms with van der Waals surface area (Å²) in [7, 11) is 1.94. The van der Waals surface area contributed by atoms with Crippen LogP contribution in [-0.4, -0.2) is 19.5 Å². The molecule has 3 nitrogen and oxygen atoms in total. The van der Waals surface area contributed by atoms with Crippen LogP contribution in [-0.2, 0) is 4.79 Å². The largest absolute Gasteiger partial charge is 0.320 e. The minimum atomic E-state index is 0.0225. The van der Waals surface area contributed by atoms with Crippen molar-refractivity contribution in [2.75, 3.05) is 18.5 Å². The van der Waals surface area contributed by atoms with E-state index in [-0.39, 0.29) is 11.8 Å². The van der Waals surface area contributed by atoms with E-state index in [9.17, 15) is 4.79 Å². The molecule has 24 heavy (non-hydrogen) atoms. The van der Waals surface area contributed by atoms with Gasteiger partial charge in [0.1, 0.15) is 0 Å². The zero-order chi connectivity index (χ0) is 17.1. The predicted molar refractivity (Wildman–Crippen MR) is 101 cm³/mol. The molecule has 1 amide bonds. The fourth-order valence-corrected chi connectivity index (χ4v) is 3.72. The molecule has 128 valence electrons. The summed E-state index contributed by atoms with van der Waals surface area (Å²) in [5.74, 6) is 0.184. The molecule has 1 aromatic carbocycles. The van der Waals surface area contributed by atoms with E-state index in [2.05, 4.69) is 17.5 Å². The van der Waals surface area contributed by atoms with Crippen LogP contribution in [0.15, 0.2) is 41.6 Å². The molecule has 1 N–H and O–H groups in total. The van der Waals surface area contributed by atoms with Gasteiger partial charge in [0, 0.05) is 11.6 Å². The van der Waals surface area contributed by atoms with E-state index >= 15 is 0 Å². The average molecular weight is 365 g/mol. The first-order valence-corrected chi connectivity index (χ1v) is 9.20. The van der Waals surface area contributed by atoms with Crippen molar-refractivity contribution in [2.24, 2.45) is 5.92 Å². The van der Waals surface area contributed by atoms with Crippen LogP contribution in [0.4, 0.5) is 5.69 Å². The van der Waals surface area contributed by atoms with Crippen LogP contribution in [0.1, 0.15) is 32.1 Å². The van der Waals surface area contributed by atoms with Crippen molar-refractivity contribution < 1.29 is 4.79 Å². The van der Waals surface area contributed by atoms with Gasteiger partial charge in [-0.05, 0) is 69.5 Å². The molecule has 0 aromatic heterocycles. The lowest BCUT2D eigenvalue weighted by molar-refractivity contribution is -0.122. The van der Waals surface area contributed by atoms with Crippen molar-refractivity contribution in [1.82, 2.24) is 5.32 Å². The number of carbonyl (C=O) groups is 1. The lowest BCUT2D eigenvalue weighted by Crippen LogP contribution is -2.41. The molecular formula is C19H22Cl2N2O. The topological polar surface area (TPSA) is 32.3 Å². The average Bonchev–Trinajstić information content (AvgIpc) is 2.58. The highest BCUT2D eigenvalue weighted by Gasteiger charge is 2.36. The standard InChI is InChI=1S/C19H22Cl2N2O/c1-22-10-4-6-14-11-13-5-2-3-7-18(13)23(19(14)24)15-8-9-16(20)17(21)12-15/h5,7-9,12,14,22H,2-4,6,10-11H2,1H3. The van der Waals surface area contributed by atoms with Gasteiger partial charge in [0.2, 0.25) is 5.91 Å². The molecule has 1 heterocycles. The van der Waals surface area contributed by atoms with Crippen LogP contribution in [0.2, 0.25) is 10.0 Å². The van der Waals surface area contributed by atoms with E-state index in [1.165, 1.54) is 5.57 Å². The van der Waals surface area contributed by atoms with E-state index in [1.807, 2.05) is 18.0 Å². The Balaban J connectivity index is 1.93. The predicted octanol–water partition coefficient (Wildman–Crippen LogP) is 4.95. The van der Waals surface area contributed by atoms with Crippen molar-refractivity contribution in [2.45, 2.75) is 32.1 Å². The summed E-state index contributed by atoms with van der Waals surface area (Å²) in [6.07, 6.45) is 9.18. The maximum absolute atomic E-state index is 13.1. The Morgan fingerprint density at radius 1 is 1.21 bits per heavy atom. The van der Waals surface area contributed by atoms with Crippen LogP contribution in [0.25, 0.3) is 0 Å². The van der Waals surface area contributed by atoms with Crippen LogP contribution >= 0.6 is 23.2 Å². The zero-order valence-electron chi connectivity index (χ0n) is 13.8. The summed E-state index contributed by atoms with van der Waals surface area (Å²) in [6.45, 7) is 0.929. The Hall–Kier alpha value is -1.29. The molecule has 0 radical (unpaired) electrons. The molecule has 1 aromatic rings. The van der Waals surface area contributed by atoms with Gasteiger partial charge in [0.25, 0.3) is 0 Å². The molecule has 1 saturated heterocycles. The van der Waals surface area contributed by atoms with Crippen molar-refractivity contribution >= 4 is 34.8 Å². The van der Waals surface area contributed by atoms with Gasteiger partial charge < -0.3 is 5.32 Å². The third-order valence-corrected chi connectivity index (χ3v) is 5.38. The van der Waals surface area contributed by atoms with E-state index in [0.29, 0.717) is 10.0 Å². The van der Waals surface area contributed by atoms with Crippen molar-refractivity contribution in [3.8, 4) is 0 Å². The summed E-state index contributed by atoms with van der Waals surface area (Å²) in [5.41, 5.74) is 3.10. The van der Waals surface area contributed by atoms with Crippen LogP contribution < -0.4 is 10.2 Å². The minimum absolute atomic E-state index is 0.0225. The summed E-state index contributed by atoms with van der Waals surface area (Å²) < 4.78 is 0. The maximum atomic E-state index is 13.1. The Morgan fingerprint density at radius 3 is 2.75 bits per heavy atom. The van der Waals surface area contributed by atoms with Crippen molar-refractivity contribution in [3.05, 3.63) is 51.7 Å². The highest BCUT2D eigenvalue weighted by atomic mass is 35.5. The molecule has 5 heteroatoms. The fourth-order valence-electron chi connectivity index (χ4n) is 3.43. The Kier molecular flexibility index (Phi) is 5.65. The minimum Gasteiger partial charge on any atom is -0.320 e. The zero-order valence-corrected chi connectivity index (χ0v) is 15.3. The summed E-state index contributed by atoms with van der Waals surface area (Å²) in [5, 5.41) is 4.13. The summed E-state index contributed by atoms with van der Waals surface area (Å²) >= 11 is 12.2. The summed E-state index contributed by atoms with van der Waals surface area (Å²) in [6, 6.07) is 5.41. The maximum Gasteiger partial charge on any atom is 0.234 e. The molecule has 3 rings (SSSR count). The lowest BCUT2D eigenvalue weighted by atomic mass is 9.84. The number of allylic oxidation sites excluding steroid dienone is 3. The van der Waals surface area contributed by atoms with E-state index in [4.69, 9.17) is 23.2 Å². The van der Waals surface area contributed by atoms with E-state index in [1.54, 1.807) is 12.1 Å². The smallest absolute Gasteiger partial charge is 0.234 e. The second kappa shape index (κ2) is 7.73. The van der Waals surface area contributed by atoms with Gasteiger partial charge in [0.05, 0.1) is 15.7 Å². The lowest BCUT2D eigenvalue weighted by Gasteiger charge is -2.38. The quantitative estimate of drug-likeness (QED) is 0.749. The first-order valence-electron chi connectivity index (χ1n) is 8.45. The number of hydrogen-bond acceptors (Lipinski definition) is 2. The second-order valence-corrected chi connectivity index (χ2v) is 7.13. The van der Waals surface area contributed by atoms with Gasteiger partial charge >= 0.3 is 0 Å². The van der Waals surface area contributed by atoms with Crippen LogP contribution in [0.5, 0.6) is 0 Å². The Bertz CT molecular complexity index is 697. The number of hydrogen-bond donors (Lipinski definition) is 1. The number of nitrogens with zero attached hydrogens (tertiary/aromatic N) is 1. The highest BCUT2D eigenvalue weighted by Crippen LogP contribution is 2.40. The molecule has 2 aliphatic rings. The number of nitrogens with one attached hydrogen (secondary N) is 1. The monoisotopic (exact) mass is 364 g/mol. The van der Waals surface area contributed by atoms with E-state index < -0.39 is 0 Å². The Labute approximate surface area is 153 Å². The first-order chi connectivity index (χ1) is 11.6. The molecule has 1 aliphatic heterocycles. The molecule has 0 spiro atoms. The molecule has 1 atom stereocenters. The number of piperidine rings is 1. The van der Waals surface area contributed by atoms with E-state index in [0.717, 1.165) is 50.0 Å².